The summed E-state index contributed by atoms with van der Waals surface area (Å²) < 4.78 is 39.9. The number of carbonyl (C=O) groups excluding carboxylic acids is 2. The van der Waals surface area contributed by atoms with Crippen LogP contribution in [0.25, 0.3) is 11.1 Å². The number of carbonyl (C=O) groups is 2. The summed E-state index contributed by atoms with van der Waals surface area (Å²) in [4.78, 5) is 44.7. The molecule has 3 heterocycles. The first kappa shape index (κ1) is 23.2. The van der Waals surface area contributed by atoms with E-state index < -0.39 is 30.1 Å². The molecule has 1 N–H and O–H groups in total. The molecule has 0 fully saturated rings. The molecule has 176 valence electrons. The van der Waals surface area contributed by atoms with E-state index in [2.05, 4.69) is 10.3 Å². The van der Waals surface area contributed by atoms with Crippen LogP contribution in [0.1, 0.15) is 23.9 Å². The van der Waals surface area contributed by atoms with Gasteiger partial charge in [-0.1, -0.05) is 6.07 Å². The van der Waals surface area contributed by atoms with Gasteiger partial charge >= 0.3 is 6.18 Å². The second kappa shape index (κ2) is 8.77. The largest absolute Gasteiger partial charge is 0.416 e. The maximum Gasteiger partial charge on any atom is 0.416 e. The third kappa shape index (κ3) is 4.30. The Morgan fingerprint density at radius 2 is 1.85 bits per heavy atom. The zero-order valence-electron chi connectivity index (χ0n) is 18.4. The van der Waals surface area contributed by atoms with Gasteiger partial charge < -0.3 is 14.8 Å². The number of nitrogens with zero attached hydrogens (tertiary/aromatic N) is 3. The fourth-order valence-corrected chi connectivity index (χ4v) is 4.05. The average Bonchev–Trinajstić information content (AvgIpc) is 2.88. The summed E-state index contributed by atoms with van der Waals surface area (Å²) in [6.45, 7) is 3.58. The first-order chi connectivity index (χ1) is 16.1. The molecule has 1 aliphatic rings. The van der Waals surface area contributed by atoms with E-state index in [1.165, 1.54) is 11.1 Å². The molecule has 34 heavy (non-hydrogen) atoms. The zero-order chi connectivity index (χ0) is 24.6. The van der Waals surface area contributed by atoms with Crippen molar-refractivity contribution in [3.8, 4) is 11.1 Å². The normalized spacial score (nSPS) is 13.2. The van der Waals surface area contributed by atoms with Crippen LogP contribution in [-0.4, -0.2) is 27.9 Å². The lowest BCUT2D eigenvalue weighted by molar-refractivity contribution is -0.137. The zero-order valence-corrected chi connectivity index (χ0v) is 18.4. The van der Waals surface area contributed by atoms with Crippen LogP contribution in [0.5, 0.6) is 0 Å². The van der Waals surface area contributed by atoms with E-state index in [1.54, 1.807) is 29.7 Å². The number of aromatic nitrogens is 2. The number of hydrogen-bond donors (Lipinski definition) is 1. The first-order valence-electron chi connectivity index (χ1n) is 10.6. The van der Waals surface area contributed by atoms with Crippen LogP contribution < -0.4 is 15.8 Å². The molecule has 0 radical (unpaired) electrons. The Balaban J connectivity index is 1.70. The van der Waals surface area contributed by atoms with Crippen LogP contribution in [0.3, 0.4) is 0 Å². The van der Waals surface area contributed by atoms with Gasteiger partial charge in [0.15, 0.2) is 0 Å². The van der Waals surface area contributed by atoms with E-state index in [9.17, 15) is 27.6 Å². The quantitative estimate of drug-likeness (QED) is 0.629. The number of alkyl halides is 3. The number of hydrogen-bond acceptors (Lipinski definition) is 4. The molecule has 0 bridgehead atoms. The first-order valence-corrected chi connectivity index (χ1v) is 10.6. The van der Waals surface area contributed by atoms with Crippen LogP contribution in [-0.2, 0) is 28.7 Å². The maximum atomic E-state index is 13.3. The molecular weight excluding hydrogens is 449 g/mol. The number of aryl methyl sites for hydroxylation is 1. The van der Waals surface area contributed by atoms with E-state index in [1.807, 2.05) is 6.92 Å². The van der Waals surface area contributed by atoms with Crippen LogP contribution in [0.4, 0.5) is 24.5 Å². The van der Waals surface area contributed by atoms with Gasteiger partial charge in [0.2, 0.25) is 11.8 Å². The summed E-state index contributed by atoms with van der Waals surface area (Å²) in [5.74, 6) is -1.04. The van der Waals surface area contributed by atoms with Crippen molar-refractivity contribution in [3.05, 3.63) is 76.0 Å². The molecule has 2 aromatic heterocycles. The molecule has 2 amide bonds. The summed E-state index contributed by atoms with van der Waals surface area (Å²) in [5, 5.41) is 2.51. The summed E-state index contributed by atoms with van der Waals surface area (Å²) in [6, 6.07) is 9.09. The minimum atomic E-state index is -4.49. The average molecular weight is 470 g/mol. The molecule has 1 aromatic carbocycles. The highest BCUT2D eigenvalue weighted by molar-refractivity contribution is 6.07. The number of halogens is 3. The van der Waals surface area contributed by atoms with Crippen molar-refractivity contribution >= 4 is 23.2 Å². The van der Waals surface area contributed by atoms with Crippen molar-refractivity contribution in [1.29, 1.82) is 0 Å². The Labute approximate surface area is 192 Å². The molecular formula is C24H21F3N4O3. The van der Waals surface area contributed by atoms with Crippen molar-refractivity contribution in [2.45, 2.75) is 33.0 Å². The summed E-state index contributed by atoms with van der Waals surface area (Å²) in [6.07, 6.45) is -3.06. The fraction of sp³-hybridized carbons (Fsp3) is 0.250. The van der Waals surface area contributed by atoms with Gasteiger partial charge in [0, 0.05) is 29.7 Å². The lowest BCUT2D eigenvalue weighted by Gasteiger charge is -2.24. The Bertz CT molecular complexity index is 1330. The molecule has 4 rings (SSSR count). The standard InChI is InChI=1S/C24H21F3N4O3/c1-3-30-14(2)11-19-22(23(30)34)17-5-4-10-28-18(17)12-21(33)31(19)13-20(32)29-16-8-6-15(7-9-16)24(25,26)27/h4-11H,3,12-13H2,1-2H3,(H,29,32). The highest BCUT2D eigenvalue weighted by Gasteiger charge is 2.32. The topological polar surface area (TPSA) is 84.3 Å². The van der Waals surface area contributed by atoms with E-state index in [0.717, 1.165) is 24.3 Å². The molecule has 0 aliphatic carbocycles. The molecule has 0 unspecified atom stereocenters. The van der Waals surface area contributed by atoms with Gasteiger partial charge in [-0.15, -0.1) is 0 Å². The molecule has 0 spiro atoms. The van der Waals surface area contributed by atoms with Gasteiger partial charge in [-0.3, -0.25) is 19.4 Å². The second-order valence-electron chi connectivity index (χ2n) is 7.87. The number of amides is 2. The molecule has 3 aromatic rings. The van der Waals surface area contributed by atoms with Crippen molar-refractivity contribution in [2.75, 3.05) is 16.8 Å². The lowest BCUT2D eigenvalue weighted by atomic mass is 10.0. The molecule has 0 atom stereocenters. The predicted octanol–water partition coefficient (Wildman–Crippen LogP) is 3.79. The van der Waals surface area contributed by atoms with Gasteiger partial charge in [-0.05, 0) is 50.2 Å². The SMILES string of the molecule is CCn1c(C)cc2c(c1=O)-c1cccnc1CC(=O)N2CC(=O)Nc1ccc(C(F)(F)F)cc1. The fourth-order valence-electron chi connectivity index (χ4n) is 4.05. The van der Waals surface area contributed by atoms with Crippen LogP contribution >= 0.6 is 0 Å². The van der Waals surface area contributed by atoms with E-state index in [-0.39, 0.29) is 23.2 Å². The van der Waals surface area contributed by atoms with Crippen molar-refractivity contribution < 1.29 is 22.8 Å². The van der Waals surface area contributed by atoms with E-state index >= 15 is 0 Å². The van der Waals surface area contributed by atoms with Crippen molar-refractivity contribution in [2.24, 2.45) is 0 Å². The number of benzene rings is 1. The van der Waals surface area contributed by atoms with Crippen LogP contribution in [0.2, 0.25) is 0 Å². The smallest absolute Gasteiger partial charge is 0.325 e. The minimum absolute atomic E-state index is 0.108. The highest BCUT2D eigenvalue weighted by Crippen LogP contribution is 2.34. The van der Waals surface area contributed by atoms with Gasteiger partial charge in [0.1, 0.15) is 6.54 Å². The van der Waals surface area contributed by atoms with Gasteiger partial charge in [-0.2, -0.15) is 13.2 Å². The van der Waals surface area contributed by atoms with Gasteiger partial charge in [0.05, 0.1) is 28.9 Å². The van der Waals surface area contributed by atoms with Gasteiger partial charge in [-0.25, -0.2) is 0 Å². The number of rotatable bonds is 4. The lowest BCUT2D eigenvalue weighted by Crippen LogP contribution is -2.39. The molecule has 10 heteroatoms. The second-order valence-corrected chi connectivity index (χ2v) is 7.87. The van der Waals surface area contributed by atoms with Crippen LogP contribution in [0.15, 0.2) is 53.5 Å². The van der Waals surface area contributed by atoms with Crippen molar-refractivity contribution in [1.82, 2.24) is 9.55 Å². The number of fused-ring (bicyclic) bond motifs is 3. The predicted molar refractivity (Wildman–Crippen MR) is 120 cm³/mol. The third-order valence-electron chi connectivity index (χ3n) is 5.67. The monoisotopic (exact) mass is 470 g/mol. The van der Waals surface area contributed by atoms with Crippen molar-refractivity contribution in [3.63, 3.8) is 0 Å². The Morgan fingerprint density at radius 3 is 2.50 bits per heavy atom. The molecule has 0 saturated carbocycles. The Morgan fingerprint density at radius 1 is 1.15 bits per heavy atom. The Kier molecular flexibility index (Phi) is 5.99. The summed E-state index contributed by atoms with van der Waals surface area (Å²) in [5.41, 5.74) is 1.19. The minimum Gasteiger partial charge on any atom is -0.325 e. The maximum absolute atomic E-state index is 13.3. The number of pyridine rings is 2. The van der Waals surface area contributed by atoms with Crippen LogP contribution in [0, 0.1) is 6.92 Å². The Hall–Kier alpha value is -3.95. The summed E-state index contributed by atoms with van der Waals surface area (Å²) in [7, 11) is 0. The van der Waals surface area contributed by atoms with Gasteiger partial charge in [0.25, 0.3) is 5.56 Å². The molecule has 7 nitrogen and oxygen atoms in total. The summed E-state index contributed by atoms with van der Waals surface area (Å²) >= 11 is 0. The van der Waals surface area contributed by atoms with E-state index in [4.69, 9.17) is 0 Å². The van der Waals surface area contributed by atoms with E-state index in [0.29, 0.717) is 29.2 Å². The number of anilines is 2. The molecule has 0 saturated heterocycles. The molecule has 1 aliphatic heterocycles. The highest BCUT2D eigenvalue weighted by atomic mass is 19.4. The third-order valence-corrected chi connectivity index (χ3v) is 5.67. The number of nitrogens with one attached hydrogen (secondary N) is 1.